The fraction of sp³-hybridized carbons (Fsp3) is 0.500. The van der Waals surface area contributed by atoms with Crippen molar-refractivity contribution in [2.75, 3.05) is 31.1 Å². The maximum atomic E-state index is 13.3. The Labute approximate surface area is 183 Å². The average Bonchev–Trinajstić information content (AvgIpc) is 3.04. The molecule has 10 heteroatoms. The quantitative estimate of drug-likeness (QED) is 0.622. The molecule has 30 heavy (non-hydrogen) atoms. The normalized spacial score (nSPS) is 16.1. The van der Waals surface area contributed by atoms with Gasteiger partial charge < -0.3 is 9.80 Å². The first-order chi connectivity index (χ1) is 14.1. The number of carbonyl (C=O) groups excluding carboxylic acids is 1. The van der Waals surface area contributed by atoms with Gasteiger partial charge in [0.05, 0.1) is 10.7 Å². The second-order valence-corrected chi connectivity index (χ2v) is 8.17. The van der Waals surface area contributed by atoms with E-state index in [9.17, 15) is 18.0 Å². The fourth-order valence-corrected chi connectivity index (χ4v) is 4.07. The van der Waals surface area contributed by atoms with Gasteiger partial charge in [0.25, 0.3) is 0 Å². The van der Waals surface area contributed by atoms with Gasteiger partial charge in [0.2, 0.25) is 5.91 Å². The van der Waals surface area contributed by atoms with Gasteiger partial charge in [-0.2, -0.15) is 18.3 Å². The van der Waals surface area contributed by atoms with Crippen molar-refractivity contribution in [2.45, 2.75) is 38.9 Å². The summed E-state index contributed by atoms with van der Waals surface area (Å²) in [4.78, 5) is 16.6. The molecule has 1 fully saturated rings. The Kier molecular flexibility index (Phi) is 6.87. The van der Waals surface area contributed by atoms with E-state index in [1.165, 1.54) is 0 Å². The number of aromatic nitrogens is 2. The summed E-state index contributed by atoms with van der Waals surface area (Å²) in [5.41, 5.74) is 0.124. The van der Waals surface area contributed by atoms with E-state index in [0.29, 0.717) is 37.6 Å². The number of benzene rings is 1. The van der Waals surface area contributed by atoms with E-state index >= 15 is 0 Å². The zero-order valence-electron chi connectivity index (χ0n) is 16.7. The topological polar surface area (TPSA) is 41.4 Å². The Bertz CT molecular complexity index is 891. The molecule has 0 N–H and O–H groups in total. The lowest BCUT2D eigenvalue weighted by atomic mass is 10.0. The minimum Gasteiger partial charge on any atom is -0.368 e. The zero-order chi connectivity index (χ0) is 22.1. The predicted octanol–water partition coefficient (Wildman–Crippen LogP) is 5.07. The molecule has 0 radical (unpaired) electrons. The summed E-state index contributed by atoms with van der Waals surface area (Å²) in [5.74, 6) is -0.529. The van der Waals surface area contributed by atoms with Crippen molar-refractivity contribution < 1.29 is 18.0 Å². The van der Waals surface area contributed by atoms with Crippen LogP contribution in [0.25, 0.3) is 0 Å². The molecule has 1 amide bonds. The van der Waals surface area contributed by atoms with Gasteiger partial charge in [-0.05, 0) is 36.6 Å². The number of carbonyl (C=O) groups is 1. The number of nitrogens with zero attached hydrogens (tertiary/aromatic N) is 4. The van der Waals surface area contributed by atoms with E-state index in [4.69, 9.17) is 23.2 Å². The first-order valence-corrected chi connectivity index (χ1v) is 10.5. The van der Waals surface area contributed by atoms with Crippen LogP contribution in [0, 0.1) is 0 Å². The molecule has 5 nitrogen and oxygen atoms in total. The van der Waals surface area contributed by atoms with Gasteiger partial charge in [0.1, 0.15) is 6.54 Å². The summed E-state index contributed by atoms with van der Waals surface area (Å²) in [6.45, 7) is 5.55. The van der Waals surface area contributed by atoms with Crippen molar-refractivity contribution in [3.8, 4) is 0 Å². The third kappa shape index (κ3) is 4.86. The van der Waals surface area contributed by atoms with Crippen LogP contribution in [0.15, 0.2) is 24.3 Å². The molecular weight excluding hydrogens is 440 g/mol. The highest BCUT2D eigenvalue weighted by Gasteiger charge is 2.40. The largest absolute Gasteiger partial charge is 0.436 e. The molecule has 2 heterocycles. The van der Waals surface area contributed by atoms with Crippen LogP contribution in [0.1, 0.15) is 37.6 Å². The van der Waals surface area contributed by atoms with Gasteiger partial charge in [-0.15, -0.1) is 0 Å². The van der Waals surface area contributed by atoms with Crippen molar-refractivity contribution in [3.05, 3.63) is 45.7 Å². The number of rotatable bonds is 5. The number of anilines is 1. The van der Waals surface area contributed by atoms with E-state index < -0.39 is 16.9 Å². The van der Waals surface area contributed by atoms with Crippen LogP contribution >= 0.6 is 23.2 Å². The van der Waals surface area contributed by atoms with Gasteiger partial charge in [-0.3, -0.25) is 9.48 Å². The molecule has 1 aliphatic heterocycles. The molecule has 1 saturated heterocycles. The second kappa shape index (κ2) is 9.06. The van der Waals surface area contributed by atoms with E-state index in [1.807, 2.05) is 31.2 Å². The highest BCUT2D eigenvalue weighted by Crippen LogP contribution is 2.38. The third-order valence-electron chi connectivity index (χ3n) is 5.39. The highest BCUT2D eigenvalue weighted by atomic mass is 35.5. The molecule has 0 bridgehead atoms. The van der Waals surface area contributed by atoms with Crippen molar-refractivity contribution in [2.24, 2.45) is 0 Å². The molecule has 1 aromatic carbocycles. The number of hydrogen-bond acceptors (Lipinski definition) is 3. The lowest BCUT2D eigenvalue weighted by Gasteiger charge is -2.36. The molecule has 0 spiro atoms. The van der Waals surface area contributed by atoms with E-state index in [0.717, 1.165) is 10.4 Å². The summed E-state index contributed by atoms with van der Waals surface area (Å²) in [7, 11) is 0. The lowest BCUT2D eigenvalue weighted by Crippen LogP contribution is -2.49. The molecule has 2 aromatic rings. The van der Waals surface area contributed by atoms with Crippen LogP contribution in [0.4, 0.5) is 18.9 Å². The van der Waals surface area contributed by atoms with Gasteiger partial charge in [-0.25, -0.2) is 0 Å². The maximum Gasteiger partial charge on any atom is 0.436 e. The molecular formula is C20H23Cl2F3N4O. The minimum absolute atomic E-state index is 0.250. The number of halogens is 5. The molecule has 0 aliphatic carbocycles. The number of hydrogen-bond donors (Lipinski definition) is 0. The summed E-state index contributed by atoms with van der Waals surface area (Å²) >= 11 is 11.9. The maximum absolute atomic E-state index is 13.3. The molecule has 0 saturated carbocycles. The smallest absolute Gasteiger partial charge is 0.368 e. The monoisotopic (exact) mass is 462 g/mol. The van der Waals surface area contributed by atoms with E-state index in [1.54, 1.807) is 11.8 Å². The van der Waals surface area contributed by atoms with Crippen LogP contribution in [0.2, 0.25) is 10.0 Å². The second-order valence-electron chi connectivity index (χ2n) is 7.36. The number of alkyl halides is 3. The third-order valence-corrected chi connectivity index (χ3v) is 6.01. The highest BCUT2D eigenvalue weighted by molar-refractivity contribution is 6.32. The van der Waals surface area contributed by atoms with Gasteiger partial charge in [-0.1, -0.05) is 37.0 Å². The molecule has 1 aliphatic rings. The van der Waals surface area contributed by atoms with E-state index in [-0.39, 0.29) is 24.1 Å². The van der Waals surface area contributed by atoms with Crippen LogP contribution in [0.5, 0.6) is 0 Å². The predicted molar refractivity (Wildman–Crippen MR) is 111 cm³/mol. The van der Waals surface area contributed by atoms with Gasteiger partial charge in [0.15, 0.2) is 5.69 Å². The fourth-order valence-electron chi connectivity index (χ4n) is 3.51. The number of amides is 1. The van der Waals surface area contributed by atoms with Crippen molar-refractivity contribution in [1.29, 1.82) is 0 Å². The Morgan fingerprint density at radius 2 is 1.73 bits per heavy atom. The molecule has 1 atom stereocenters. The summed E-state index contributed by atoms with van der Waals surface area (Å²) in [5, 5.41) is 3.88. The Morgan fingerprint density at radius 3 is 2.27 bits per heavy atom. The summed E-state index contributed by atoms with van der Waals surface area (Å²) < 4.78 is 40.9. The van der Waals surface area contributed by atoms with Gasteiger partial charge in [0, 0.05) is 36.9 Å². The average molecular weight is 463 g/mol. The van der Waals surface area contributed by atoms with Crippen LogP contribution in [0.3, 0.4) is 0 Å². The van der Waals surface area contributed by atoms with Crippen LogP contribution in [-0.2, 0) is 17.5 Å². The van der Waals surface area contributed by atoms with Crippen molar-refractivity contribution in [3.63, 3.8) is 0 Å². The Morgan fingerprint density at radius 1 is 1.13 bits per heavy atom. The summed E-state index contributed by atoms with van der Waals surface area (Å²) in [6.07, 6.45) is -4.09. The Balaban J connectivity index is 1.71. The minimum atomic E-state index is -4.67. The van der Waals surface area contributed by atoms with E-state index in [2.05, 4.69) is 10.00 Å². The van der Waals surface area contributed by atoms with Crippen LogP contribution < -0.4 is 4.90 Å². The SMILES string of the molecule is CCC(C)c1c(Cl)c(C(F)(F)F)nn1CC(=O)N1CCN(c2ccc(Cl)cc2)CC1. The first kappa shape index (κ1) is 22.7. The van der Waals surface area contributed by atoms with Crippen LogP contribution in [-0.4, -0.2) is 46.8 Å². The molecule has 164 valence electrons. The Hall–Kier alpha value is -1.93. The zero-order valence-corrected chi connectivity index (χ0v) is 18.2. The molecule has 3 rings (SSSR count). The summed E-state index contributed by atoms with van der Waals surface area (Å²) in [6, 6.07) is 7.46. The first-order valence-electron chi connectivity index (χ1n) is 9.73. The molecule has 1 unspecified atom stereocenters. The van der Waals surface area contributed by atoms with Crippen molar-refractivity contribution in [1.82, 2.24) is 14.7 Å². The standard InChI is InChI=1S/C20H23Cl2F3N4O/c1-3-13(2)18-17(22)19(20(23,24)25)26-29(18)12-16(30)28-10-8-27(9-11-28)15-6-4-14(21)5-7-15/h4-7,13H,3,8-12H2,1-2H3. The van der Waals surface area contributed by atoms with Crippen molar-refractivity contribution >= 4 is 34.8 Å². The number of piperazine rings is 1. The lowest BCUT2D eigenvalue weighted by molar-refractivity contribution is -0.142. The van der Waals surface area contributed by atoms with Gasteiger partial charge >= 0.3 is 6.18 Å². The molecule has 1 aromatic heterocycles.